The Balaban J connectivity index is 1.46. The van der Waals surface area contributed by atoms with Crippen molar-refractivity contribution >= 4 is 17.4 Å². The number of aromatic nitrogens is 4. The van der Waals surface area contributed by atoms with E-state index in [9.17, 15) is 4.79 Å². The monoisotopic (exact) mass is 357 g/mol. The summed E-state index contributed by atoms with van der Waals surface area (Å²) in [7, 11) is 1.60. The van der Waals surface area contributed by atoms with E-state index in [4.69, 9.17) is 9.26 Å². The van der Waals surface area contributed by atoms with Gasteiger partial charge in [-0.15, -0.1) is 5.10 Å². The van der Waals surface area contributed by atoms with Crippen molar-refractivity contribution in [3.05, 3.63) is 40.7 Å². The highest BCUT2D eigenvalue weighted by molar-refractivity contribution is 7.07. The van der Waals surface area contributed by atoms with E-state index in [2.05, 4.69) is 19.7 Å². The minimum atomic E-state index is -0.0479. The number of ether oxygens (including phenoxy) is 1. The van der Waals surface area contributed by atoms with E-state index in [0.717, 1.165) is 17.1 Å². The molecule has 0 saturated carbocycles. The molecule has 0 spiro atoms. The predicted molar refractivity (Wildman–Crippen MR) is 89.6 cm³/mol. The van der Waals surface area contributed by atoms with Gasteiger partial charge in [-0.3, -0.25) is 4.79 Å². The Bertz CT molecular complexity index is 916. The Hall–Kier alpha value is -2.81. The normalized spacial score (nSPS) is 14.4. The highest BCUT2D eigenvalue weighted by Gasteiger charge is 2.37. The smallest absolute Gasteiger partial charge is 0.267 e. The maximum absolute atomic E-state index is 12.4. The van der Waals surface area contributed by atoms with Crippen molar-refractivity contribution in [3.8, 4) is 17.1 Å². The van der Waals surface area contributed by atoms with Crippen molar-refractivity contribution in [2.45, 2.75) is 12.8 Å². The van der Waals surface area contributed by atoms with E-state index in [1.54, 1.807) is 18.9 Å². The zero-order valence-corrected chi connectivity index (χ0v) is 14.5. The number of para-hydroxylation sites is 1. The van der Waals surface area contributed by atoms with Gasteiger partial charge in [-0.25, -0.2) is 0 Å². The van der Waals surface area contributed by atoms with Crippen molar-refractivity contribution < 1.29 is 14.1 Å². The van der Waals surface area contributed by atoms with Gasteiger partial charge < -0.3 is 14.2 Å². The summed E-state index contributed by atoms with van der Waals surface area (Å²) in [5.41, 5.74) is 1.44. The van der Waals surface area contributed by atoms with Crippen LogP contribution in [0.5, 0.6) is 5.75 Å². The van der Waals surface area contributed by atoms with Gasteiger partial charge in [0.05, 0.1) is 24.3 Å². The molecule has 3 heterocycles. The van der Waals surface area contributed by atoms with Crippen LogP contribution >= 0.6 is 11.5 Å². The largest absolute Gasteiger partial charge is 0.496 e. The van der Waals surface area contributed by atoms with Crippen molar-refractivity contribution in [2.24, 2.45) is 0 Å². The Morgan fingerprint density at radius 3 is 2.88 bits per heavy atom. The number of aryl methyl sites for hydroxylation is 1. The highest BCUT2D eigenvalue weighted by Crippen LogP contribution is 2.32. The third kappa shape index (κ3) is 2.76. The fourth-order valence-corrected chi connectivity index (χ4v) is 3.34. The van der Waals surface area contributed by atoms with Gasteiger partial charge in [-0.2, -0.15) is 4.98 Å². The average molecular weight is 357 g/mol. The topological polar surface area (TPSA) is 94.2 Å². The fourth-order valence-electron chi connectivity index (χ4n) is 2.71. The molecule has 0 unspecified atom stereocenters. The molecule has 2 aromatic heterocycles. The van der Waals surface area contributed by atoms with Crippen molar-refractivity contribution in [1.82, 2.24) is 24.6 Å². The average Bonchev–Trinajstić information content (AvgIpc) is 3.22. The fraction of sp³-hybridized carbons (Fsp3) is 0.312. The van der Waals surface area contributed by atoms with E-state index >= 15 is 0 Å². The molecular weight excluding hydrogens is 342 g/mol. The van der Waals surface area contributed by atoms with Crippen molar-refractivity contribution in [3.63, 3.8) is 0 Å². The second-order valence-electron chi connectivity index (χ2n) is 5.75. The first kappa shape index (κ1) is 15.7. The van der Waals surface area contributed by atoms with Crippen LogP contribution in [-0.2, 0) is 0 Å². The van der Waals surface area contributed by atoms with Gasteiger partial charge in [0, 0.05) is 13.1 Å². The first-order chi connectivity index (χ1) is 12.2. The summed E-state index contributed by atoms with van der Waals surface area (Å²) in [5.74, 6) is 1.70. The predicted octanol–water partition coefficient (Wildman–Crippen LogP) is 2.14. The molecule has 1 fully saturated rings. The quantitative estimate of drug-likeness (QED) is 0.706. The Morgan fingerprint density at radius 1 is 1.36 bits per heavy atom. The van der Waals surface area contributed by atoms with Gasteiger partial charge in [-0.05, 0) is 30.6 Å². The van der Waals surface area contributed by atoms with Crippen LogP contribution < -0.4 is 4.74 Å². The van der Waals surface area contributed by atoms with Crippen LogP contribution in [0.3, 0.4) is 0 Å². The highest BCUT2D eigenvalue weighted by atomic mass is 32.1. The maximum Gasteiger partial charge on any atom is 0.267 e. The zero-order chi connectivity index (χ0) is 17.4. The van der Waals surface area contributed by atoms with Crippen molar-refractivity contribution in [1.29, 1.82) is 0 Å². The second-order valence-corrected chi connectivity index (χ2v) is 6.51. The summed E-state index contributed by atoms with van der Waals surface area (Å²) < 4.78 is 14.5. The Labute approximate surface area is 147 Å². The molecule has 0 N–H and O–H groups in total. The van der Waals surface area contributed by atoms with E-state index in [-0.39, 0.29) is 11.8 Å². The third-order valence-corrected chi connectivity index (χ3v) is 4.97. The van der Waals surface area contributed by atoms with E-state index in [1.165, 1.54) is 0 Å². The third-order valence-electron chi connectivity index (χ3n) is 4.15. The minimum absolute atomic E-state index is 0.0427. The molecule has 3 aromatic rings. The lowest BCUT2D eigenvalue weighted by Crippen LogP contribution is -2.48. The molecule has 1 aliphatic heterocycles. The number of carbonyl (C=O) groups excluding carboxylic acids is 1. The van der Waals surface area contributed by atoms with Crippen LogP contribution in [-0.4, -0.2) is 50.7 Å². The number of likely N-dealkylation sites (tertiary alicyclic amines) is 1. The number of benzene rings is 1. The summed E-state index contributed by atoms with van der Waals surface area (Å²) >= 11 is 1.12. The van der Waals surface area contributed by atoms with E-state index < -0.39 is 0 Å². The minimum Gasteiger partial charge on any atom is -0.496 e. The number of carbonyl (C=O) groups is 1. The van der Waals surface area contributed by atoms with Crippen LogP contribution in [0, 0.1) is 6.92 Å². The molecule has 1 amide bonds. The van der Waals surface area contributed by atoms with Gasteiger partial charge in [-0.1, -0.05) is 21.8 Å². The molecule has 9 heteroatoms. The molecule has 1 aliphatic rings. The summed E-state index contributed by atoms with van der Waals surface area (Å²) in [4.78, 5) is 19.2. The first-order valence-corrected chi connectivity index (χ1v) is 8.50. The SMILES string of the molecule is COc1ccccc1-c1noc(C2CN(C(=O)c3snnc3C)C2)n1. The summed E-state index contributed by atoms with van der Waals surface area (Å²) in [6, 6.07) is 7.50. The lowest BCUT2D eigenvalue weighted by molar-refractivity contribution is 0.0573. The number of hydrogen-bond acceptors (Lipinski definition) is 8. The number of amides is 1. The maximum atomic E-state index is 12.4. The van der Waals surface area contributed by atoms with E-state index in [0.29, 0.717) is 41.1 Å². The molecule has 0 atom stereocenters. The van der Waals surface area contributed by atoms with E-state index in [1.807, 2.05) is 24.3 Å². The summed E-state index contributed by atoms with van der Waals surface area (Å²) in [5, 5.41) is 7.92. The molecule has 8 nitrogen and oxygen atoms in total. The molecule has 128 valence electrons. The molecule has 4 rings (SSSR count). The van der Waals surface area contributed by atoms with Gasteiger partial charge in [0.2, 0.25) is 11.7 Å². The Kier molecular flexibility index (Phi) is 3.92. The number of hydrogen-bond donors (Lipinski definition) is 0. The van der Waals surface area contributed by atoms with Gasteiger partial charge in [0.15, 0.2) is 0 Å². The van der Waals surface area contributed by atoms with Gasteiger partial charge in [0.1, 0.15) is 10.6 Å². The number of methoxy groups -OCH3 is 1. The molecule has 0 aliphatic carbocycles. The van der Waals surface area contributed by atoms with Gasteiger partial charge in [0.25, 0.3) is 5.91 Å². The standard InChI is InChI=1S/C16H15N5O3S/c1-9-13(25-20-18-9)16(22)21-7-10(8-21)15-17-14(19-24-15)11-5-3-4-6-12(11)23-2/h3-6,10H,7-8H2,1-2H3. The molecule has 1 saturated heterocycles. The first-order valence-electron chi connectivity index (χ1n) is 7.72. The molecular formula is C16H15N5O3S. The Morgan fingerprint density at radius 2 is 2.16 bits per heavy atom. The lowest BCUT2D eigenvalue weighted by atomic mass is 10.00. The lowest BCUT2D eigenvalue weighted by Gasteiger charge is -2.36. The molecule has 0 bridgehead atoms. The van der Waals surface area contributed by atoms with Crippen LogP contribution in [0.15, 0.2) is 28.8 Å². The molecule has 0 radical (unpaired) electrons. The van der Waals surface area contributed by atoms with Crippen LogP contribution in [0.4, 0.5) is 0 Å². The second kappa shape index (κ2) is 6.25. The van der Waals surface area contributed by atoms with Crippen LogP contribution in [0.1, 0.15) is 27.2 Å². The number of nitrogens with zero attached hydrogens (tertiary/aromatic N) is 5. The van der Waals surface area contributed by atoms with Crippen LogP contribution in [0.25, 0.3) is 11.4 Å². The zero-order valence-electron chi connectivity index (χ0n) is 13.7. The van der Waals surface area contributed by atoms with Crippen molar-refractivity contribution in [2.75, 3.05) is 20.2 Å². The van der Waals surface area contributed by atoms with Crippen LogP contribution in [0.2, 0.25) is 0 Å². The summed E-state index contributed by atoms with van der Waals surface area (Å²) in [6.07, 6.45) is 0. The summed E-state index contributed by atoms with van der Waals surface area (Å²) in [6.45, 7) is 2.87. The molecule has 1 aromatic carbocycles. The molecule has 25 heavy (non-hydrogen) atoms. The van der Waals surface area contributed by atoms with Gasteiger partial charge >= 0.3 is 0 Å². The number of rotatable bonds is 4.